The molecule has 1 saturated heterocycles. The van der Waals surface area contributed by atoms with E-state index in [-0.39, 0.29) is 11.9 Å². The Balaban J connectivity index is 1.77. The predicted octanol–water partition coefficient (Wildman–Crippen LogP) is 3.30. The fraction of sp³-hybridized carbons (Fsp3) is 0.533. The minimum atomic E-state index is -0.242. The molecule has 1 amide bonds. The minimum absolute atomic E-state index is 0.225. The van der Waals surface area contributed by atoms with E-state index in [9.17, 15) is 9.18 Å². The molecule has 1 N–H and O–H groups in total. The van der Waals surface area contributed by atoms with Gasteiger partial charge in [0.25, 0.3) is 0 Å². The Kier molecular flexibility index (Phi) is 5.99. The average molecular weight is 359 g/mol. The SMILES string of the molecule is CCOC(=O)N1CCC(NCc2ccc(F)cc2Br)CC1. The van der Waals surface area contributed by atoms with E-state index < -0.39 is 0 Å². The Morgan fingerprint density at radius 2 is 2.19 bits per heavy atom. The van der Waals surface area contributed by atoms with Gasteiger partial charge in [-0.2, -0.15) is 0 Å². The van der Waals surface area contributed by atoms with Crippen LogP contribution in [0.2, 0.25) is 0 Å². The van der Waals surface area contributed by atoms with E-state index >= 15 is 0 Å². The van der Waals surface area contributed by atoms with Crippen LogP contribution in [0.15, 0.2) is 22.7 Å². The van der Waals surface area contributed by atoms with E-state index in [0.717, 1.165) is 22.9 Å². The first kappa shape index (κ1) is 16.2. The van der Waals surface area contributed by atoms with Crippen LogP contribution in [0.1, 0.15) is 25.3 Å². The molecular weight excluding hydrogens is 339 g/mol. The zero-order valence-corrected chi connectivity index (χ0v) is 13.7. The molecular formula is C15H20BrFN2O2. The second-order valence-corrected chi connectivity index (χ2v) is 5.93. The van der Waals surface area contributed by atoms with Crippen molar-refractivity contribution in [3.63, 3.8) is 0 Å². The molecule has 0 radical (unpaired) electrons. The van der Waals surface area contributed by atoms with Crippen LogP contribution in [-0.2, 0) is 11.3 Å². The second-order valence-electron chi connectivity index (χ2n) is 5.08. The van der Waals surface area contributed by atoms with Crippen molar-refractivity contribution in [1.29, 1.82) is 0 Å². The quantitative estimate of drug-likeness (QED) is 0.897. The Hall–Kier alpha value is -1.14. The van der Waals surface area contributed by atoms with Gasteiger partial charge in [-0.1, -0.05) is 22.0 Å². The molecule has 0 aliphatic carbocycles. The van der Waals surface area contributed by atoms with Gasteiger partial charge in [0.05, 0.1) is 6.61 Å². The van der Waals surface area contributed by atoms with Crippen molar-refractivity contribution in [2.24, 2.45) is 0 Å². The summed E-state index contributed by atoms with van der Waals surface area (Å²) in [7, 11) is 0. The van der Waals surface area contributed by atoms with Crippen LogP contribution in [0.5, 0.6) is 0 Å². The summed E-state index contributed by atoms with van der Waals surface area (Å²) in [5, 5.41) is 3.46. The first-order valence-electron chi connectivity index (χ1n) is 7.19. The Morgan fingerprint density at radius 1 is 1.48 bits per heavy atom. The standard InChI is InChI=1S/C15H20BrFN2O2/c1-2-21-15(20)19-7-5-13(6-8-19)18-10-11-3-4-12(17)9-14(11)16/h3-4,9,13,18H,2,5-8,10H2,1H3. The number of nitrogens with one attached hydrogen (secondary N) is 1. The zero-order valence-electron chi connectivity index (χ0n) is 12.1. The normalized spacial score (nSPS) is 16.0. The van der Waals surface area contributed by atoms with E-state index in [1.54, 1.807) is 11.0 Å². The molecule has 4 nitrogen and oxygen atoms in total. The summed E-state index contributed by atoms with van der Waals surface area (Å²) in [4.78, 5) is 13.3. The lowest BCUT2D eigenvalue weighted by Gasteiger charge is -2.31. The first-order chi connectivity index (χ1) is 10.1. The van der Waals surface area contributed by atoms with Crippen LogP contribution in [0.3, 0.4) is 0 Å². The summed E-state index contributed by atoms with van der Waals surface area (Å²) in [6.07, 6.45) is 1.58. The lowest BCUT2D eigenvalue weighted by molar-refractivity contribution is 0.0950. The maximum Gasteiger partial charge on any atom is 0.409 e. The van der Waals surface area contributed by atoms with Crippen molar-refractivity contribution in [3.8, 4) is 0 Å². The van der Waals surface area contributed by atoms with Crippen molar-refractivity contribution < 1.29 is 13.9 Å². The minimum Gasteiger partial charge on any atom is -0.450 e. The topological polar surface area (TPSA) is 41.6 Å². The Morgan fingerprint density at radius 3 is 2.81 bits per heavy atom. The third-order valence-corrected chi connectivity index (χ3v) is 4.36. The predicted molar refractivity (Wildman–Crippen MR) is 82.6 cm³/mol. The average Bonchev–Trinajstić information content (AvgIpc) is 2.47. The van der Waals surface area contributed by atoms with Gasteiger partial charge in [-0.15, -0.1) is 0 Å². The molecule has 1 heterocycles. The number of carbonyl (C=O) groups is 1. The number of ether oxygens (including phenoxy) is 1. The van der Waals surface area contributed by atoms with Gasteiger partial charge >= 0.3 is 6.09 Å². The summed E-state index contributed by atoms with van der Waals surface area (Å²) in [6.45, 7) is 4.33. The number of hydrogen-bond acceptors (Lipinski definition) is 3. The third kappa shape index (κ3) is 4.68. The number of rotatable bonds is 4. The van der Waals surface area contributed by atoms with Gasteiger partial charge in [0.2, 0.25) is 0 Å². The van der Waals surface area contributed by atoms with E-state index in [2.05, 4.69) is 21.2 Å². The van der Waals surface area contributed by atoms with Gasteiger partial charge in [-0.25, -0.2) is 9.18 Å². The van der Waals surface area contributed by atoms with Crippen molar-refractivity contribution in [3.05, 3.63) is 34.1 Å². The summed E-state index contributed by atoms with van der Waals surface area (Å²) in [6, 6.07) is 5.08. The number of benzene rings is 1. The highest BCUT2D eigenvalue weighted by Gasteiger charge is 2.23. The lowest BCUT2D eigenvalue weighted by Crippen LogP contribution is -2.44. The maximum absolute atomic E-state index is 13.0. The fourth-order valence-corrected chi connectivity index (χ4v) is 2.89. The van der Waals surface area contributed by atoms with E-state index in [1.165, 1.54) is 12.1 Å². The lowest BCUT2D eigenvalue weighted by atomic mass is 10.0. The Bertz CT molecular complexity index is 491. The number of likely N-dealkylation sites (tertiary alicyclic amines) is 1. The van der Waals surface area contributed by atoms with Crippen LogP contribution in [0.4, 0.5) is 9.18 Å². The highest BCUT2D eigenvalue weighted by molar-refractivity contribution is 9.10. The van der Waals surface area contributed by atoms with Crippen molar-refractivity contribution in [2.45, 2.75) is 32.4 Å². The third-order valence-electron chi connectivity index (χ3n) is 3.62. The van der Waals surface area contributed by atoms with Crippen molar-refractivity contribution >= 4 is 22.0 Å². The number of halogens is 2. The number of carbonyl (C=O) groups excluding carboxylic acids is 1. The highest BCUT2D eigenvalue weighted by Crippen LogP contribution is 2.19. The summed E-state index contributed by atoms with van der Waals surface area (Å²) < 4.78 is 18.8. The van der Waals surface area contributed by atoms with Gasteiger partial charge in [-0.05, 0) is 37.5 Å². The molecule has 1 aromatic rings. The summed E-state index contributed by atoms with van der Waals surface area (Å²) >= 11 is 3.37. The van der Waals surface area contributed by atoms with Crippen molar-refractivity contribution in [2.75, 3.05) is 19.7 Å². The van der Waals surface area contributed by atoms with Gasteiger partial charge in [0.15, 0.2) is 0 Å². The zero-order chi connectivity index (χ0) is 15.2. The molecule has 116 valence electrons. The molecule has 0 bridgehead atoms. The molecule has 1 aliphatic rings. The molecule has 1 aliphatic heterocycles. The highest BCUT2D eigenvalue weighted by atomic mass is 79.9. The van der Waals surface area contributed by atoms with Crippen molar-refractivity contribution in [1.82, 2.24) is 10.2 Å². The number of piperidine rings is 1. The monoisotopic (exact) mass is 358 g/mol. The van der Waals surface area contributed by atoms with Crippen LogP contribution in [0.25, 0.3) is 0 Å². The van der Waals surface area contributed by atoms with Crippen LogP contribution in [0, 0.1) is 5.82 Å². The smallest absolute Gasteiger partial charge is 0.409 e. The molecule has 0 atom stereocenters. The molecule has 0 unspecified atom stereocenters. The molecule has 0 aromatic heterocycles. The first-order valence-corrected chi connectivity index (χ1v) is 7.98. The number of nitrogens with zero attached hydrogens (tertiary/aromatic N) is 1. The summed E-state index contributed by atoms with van der Waals surface area (Å²) in [5.74, 6) is -0.242. The number of amides is 1. The number of hydrogen-bond donors (Lipinski definition) is 1. The molecule has 1 aromatic carbocycles. The summed E-state index contributed by atoms with van der Waals surface area (Å²) in [5.41, 5.74) is 1.03. The van der Waals surface area contributed by atoms with Crippen LogP contribution in [-0.4, -0.2) is 36.7 Å². The van der Waals surface area contributed by atoms with Gasteiger partial charge in [0.1, 0.15) is 5.82 Å². The Labute approximate surface area is 132 Å². The molecule has 21 heavy (non-hydrogen) atoms. The maximum atomic E-state index is 13.0. The van der Waals surface area contributed by atoms with E-state index in [0.29, 0.717) is 32.3 Å². The molecule has 6 heteroatoms. The molecule has 2 rings (SSSR count). The molecule has 1 fully saturated rings. The van der Waals surface area contributed by atoms with Gasteiger partial charge in [-0.3, -0.25) is 0 Å². The largest absolute Gasteiger partial charge is 0.450 e. The molecule has 0 spiro atoms. The van der Waals surface area contributed by atoms with E-state index in [1.807, 2.05) is 6.92 Å². The second kappa shape index (κ2) is 7.75. The van der Waals surface area contributed by atoms with E-state index in [4.69, 9.17) is 4.74 Å². The van der Waals surface area contributed by atoms with Gasteiger partial charge < -0.3 is 15.0 Å². The van der Waals surface area contributed by atoms with Crippen LogP contribution < -0.4 is 5.32 Å². The van der Waals surface area contributed by atoms with Gasteiger partial charge in [0, 0.05) is 30.1 Å². The fourth-order valence-electron chi connectivity index (χ4n) is 2.40. The van der Waals surface area contributed by atoms with Crippen LogP contribution >= 0.6 is 15.9 Å². The molecule has 0 saturated carbocycles.